The number of aliphatic carboxylic acids is 4. The van der Waals surface area contributed by atoms with Crippen molar-refractivity contribution in [3.63, 3.8) is 0 Å². The van der Waals surface area contributed by atoms with Crippen LogP contribution < -0.4 is 10.6 Å². The molecule has 24 heavy (non-hydrogen) atoms. The van der Waals surface area contributed by atoms with Crippen molar-refractivity contribution in [3.8, 4) is 0 Å². The zero-order chi connectivity index (χ0) is 18.3. The fourth-order valence-corrected chi connectivity index (χ4v) is 2.83. The topological polar surface area (TPSA) is 173 Å². The maximum atomic E-state index is 10.6. The van der Waals surface area contributed by atoms with E-state index in [2.05, 4.69) is 10.6 Å². The van der Waals surface area contributed by atoms with Crippen LogP contribution in [0.1, 0.15) is 25.7 Å². The fraction of sp³-hybridized carbons (Fsp3) is 0.714. The highest BCUT2D eigenvalue weighted by Crippen LogP contribution is 2.17. The van der Waals surface area contributed by atoms with Crippen molar-refractivity contribution >= 4 is 23.9 Å². The predicted octanol–water partition coefficient (Wildman–Crippen LogP) is -0.952. The zero-order valence-corrected chi connectivity index (χ0v) is 13.0. The number of nitrogens with one attached hydrogen (secondary N) is 2. The van der Waals surface area contributed by atoms with E-state index in [9.17, 15) is 19.2 Å². The number of rotatable bonds is 4. The lowest BCUT2D eigenvalue weighted by atomic mass is 9.91. The molecule has 10 nitrogen and oxygen atoms in total. The molecule has 0 bridgehead atoms. The second-order valence-corrected chi connectivity index (χ2v) is 5.71. The van der Waals surface area contributed by atoms with Gasteiger partial charge in [0.2, 0.25) is 0 Å². The van der Waals surface area contributed by atoms with Gasteiger partial charge in [0, 0.05) is 0 Å². The molecule has 0 aliphatic carbocycles. The lowest BCUT2D eigenvalue weighted by molar-refractivity contribution is -0.152. The largest absolute Gasteiger partial charge is 0.481 e. The second kappa shape index (κ2) is 9.18. The molecule has 0 saturated carbocycles. The summed E-state index contributed by atoms with van der Waals surface area (Å²) >= 11 is 0. The van der Waals surface area contributed by atoms with E-state index in [0.29, 0.717) is 25.9 Å². The molecule has 4 atom stereocenters. The Morgan fingerprint density at radius 3 is 1.17 bits per heavy atom. The van der Waals surface area contributed by atoms with Crippen molar-refractivity contribution in [1.29, 1.82) is 0 Å². The Labute approximate surface area is 137 Å². The molecule has 2 aliphatic rings. The molecule has 0 unspecified atom stereocenters. The molecule has 136 valence electrons. The number of carbonyl (C=O) groups is 4. The Kier molecular flexibility index (Phi) is 7.59. The summed E-state index contributed by atoms with van der Waals surface area (Å²) in [5.41, 5.74) is 0. The molecule has 2 heterocycles. The van der Waals surface area contributed by atoms with Gasteiger partial charge in [0.1, 0.15) is 12.1 Å². The van der Waals surface area contributed by atoms with Gasteiger partial charge < -0.3 is 31.1 Å². The average Bonchev–Trinajstić information content (AvgIpc) is 2.55. The minimum Gasteiger partial charge on any atom is -0.481 e. The summed E-state index contributed by atoms with van der Waals surface area (Å²) in [6.45, 7) is 1.17. The van der Waals surface area contributed by atoms with E-state index in [0.717, 1.165) is 12.8 Å². The predicted molar refractivity (Wildman–Crippen MR) is 79.6 cm³/mol. The molecule has 2 aliphatic heterocycles. The van der Waals surface area contributed by atoms with Crippen LogP contribution in [0.15, 0.2) is 0 Å². The molecule has 6 N–H and O–H groups in total. The normalized spacial score (nSPS) is 29.7. The lowest BCUT2D eigenvalue weighted by Gasteiger charge is -2.26. The van der Waals surface area contributed by atoms with E-state index in [1.807, 2.05) is 0 Å². The molecular formula is C14H22N2O8. The lowest BCUT2D eigenvalue weighted by Crippen LogP contribution is -2.49. The van der Waals surface area contributed by atoms with Crippen LogP contribution in [-0.4, -0.2) is 69.5 Å². The summed E-state index contributed by atoms with van der Waals surface area (Å²) in [7, 11) is 0. The fourth-order valence-electron chi connectivity index (χ4n) is 2.83. The Balaban J connectivity index is 0.000000240. The van der Waals surface area contributed by atoms with Crippen LogP contribution in [0.4, 0.5) is 0 Å². The first-order chi connectivity index (χ1) is 11.3. The van der Waals surface area contributed by atoms with Gasteiger partial charge in [0.05, 0.1) is 11.8 Å². The Hall–Kier alpha value is -2.20. The third kappa shape index (κ3) is 5.46. The molecule has 2 fully saturated rings. The van der Waals surface area contributed by atoms with Crippen molar-refractivity contribution < 1.29 is 39.6 Å². The maximum absolute atomic E-state index is 10.6. The van der Waals surface area contributed by atoms with Gasteiger partial charge >= 0.3 is 23.9 Å². The quantitative estimate of drug-likeness (QED) is 0.372. The van der Waals surface area contributed by atoms with Crippen LogP contribution in [-0.2, 0) is 19.2 Å². The van der Waals surface area contributed by atoms with Gasteiger partial charge in [-0.05, 0) is 38.8 Å². The van der Waals surface area contributed by atoms with Gasteiger partial charge in [-0.3, -0.25) is 19.2 Å². The summed E-state index contributed by atoms with van der Waals surface area (Å²) < 4.78 is 0. The van der Waals surface area contributed by atoms with Gasteiger partial charge in [0.25, 0.3) is 0 Å². The third-order valence-electron chi connectivity index (χ3n) is 4.08. The van der Waals surface area contributed by atoms with Gasteiger partial charge in [0.15, 0.2) is 0 Å². The van der Waals surface area contributed by atoms with E-state index < -0.39 is 47.8 Å². The van der Waals surface area contributed by atoms with Crippen LogP contribution in [0.2, 0.25) is 0 Å². The number of hydrogen-bond donors (Lipinski definition) is 6. The number of piperidine rings is 2. The minimum absolute atomic E-state index is 0.444. The average molecular weight is 346 g/mol. The summed E-state index contributed by atoms with van der Waals surface area (Å²) in [6.07, 6.45) is 2.33. The Bertz CT molecular complexity index is 407. The molecule has 10 heteroatoms. The smallest absolute Gasteiger partial charge is 0.321 e. The molecule has 2 rings (SSSR count). The molecular weight excluding hydrogens is 324 g/mol. The van der Waals surface area contributed by atoms with Crippen molar-refractivity contribution in [2.45, 2.75) is 37.8 Å². The number of hydrogen-bond acceptors (Lipinski definition) is 6. The molecule has 0 radical (unpaired) electrons. The number of carboxylic acids is 4. The third-order valence-corrected chi connectivity index (χ3v) is 4.08. The maximum Gasteiger partial charge on any atom is 0.321 e. The highest BCUT2D eigenvalue weighted by molar-refractivity contribution is 5.83. The van der Waals surface area contributed by atoms with Gasteiger partial charge in [-0.2, -0.15) is 0 Å². The van der Waals surface area contributed by atoms with Gasteiger partial charge in [-0.25, -0.2) is 0 Å². The summed E-state index contributed by atoms with van der Waals surface area (Å²) in [5.74, 6) is -5.79. The monoisotopic (exact) mass is 346 g/mol. The minimum atomic E-state index is -1.08. The Morgan fingerprint density at radius 1 is 0.625 bits per heavy atom. The molecule has 0 aromatic carbocycles. The highest BCUT2D eigenvalue weighted by Gasteiger charge is 2.36. The van der Waals surface area contributed by atoms with E-state index in [1.54, 1.807) is 0 Å². The van der Waals surface area contributed by atoms with Crippen molar-refractivity contribution in [2.24, 2.45) is 11.8 Å². The van der Waals surface area contributed by atoms with Gasteiger partial charge in [-0.1, -0.05) is 0 Å². The van der Waals surface area contributed by atoms with Crippen LogP contribution >= 0.6 is 0 Å². The van der Waals surface area contributed by atoms with Crippen molar-refractivity contribution in [1.82, 2.24) is 10.6 Å². The van der Waals surface area contributed by atoms with E-state index >= 15 is 0 Å². The highest BCUT2D eigenvalue weighted by atomic mass is 16.4. The summed E-state index contributed by atoms with van der Waals surface area (Å²) in [6, 6.07) is -1.84. The molecule has 2 saturated heterocycles. The van der Waals surface area contributed by atoms with E-state index in [1.165, 1.54) is 0 Å². The van der Waals surface area contributed by atoms with Crippen molar-refractivity contribution in [3.05, 3.63) is 0 Å². The molecule has 0 spiro atoms. The first kappa shape index (κ1) is 19.8. The SMILES string of the molecule is O=C(O)[C@H]1CCCN[C@H]1C(=O)O.O=C(O)[C@H]1NCCC[C@H]1C(=O)O. The zero-order valence-electron chi connectivity index (χ0n) is 13.0. The van der Waals surface area contributed by atoms with Crippen LogP contribution in [0.3, 0.4) is 0 Å². The van der Waals surface area contributed by atoms with E-state index in [-0.39, 0.29) is 0 Å². The van der Waals surface area contributed by atoms with Crippen molar-refractivity contribution in [2.75, 3.05) is 13.1 Å². The summed E-state index contributed by atoms with van der Waals surface area (Å²) in [5, 5.41) is 39.9. The molecule has 0 amide bonds. The Morgan fingerprint density at radius 2 is 0.958 bits per heavy atom. The standard InChI is InChI=1S/2C7H11NO4/c2*9-6(10)4-2-1-3-8-5(4)7(11)12/h2*4-5,8H,1-3H2,(H,9,10)(H,11,12)/t2*4-,5+/m10/s1. The second-order valence-electron chi connectivity index (χ2n) is 5.71. The molecule has 0 aromatic rings. The van der Waals surface area contributed by atoms with Crippen LogP contribution in [0, 0.1) is 11.8 Å². The van der Waals surface area contributed by atoms with Crippen LogP contribution in [0.25, 0.3) is 0 Å². The van der Waals surface area contributed by atoms with Crippen LogP contribution in [0.5, 0.6) is 0 Å². The molecule has 0 aromatic heterocycles. The summed E-state index contributed by atoms with van der Waals surface area (Å²) in [4.78, 5) is 42.2. The van der Waals surface area contributed by atoms with E-state index in [4.69, 9.17) is 20.4 Å². The first-order valence-electron chi connectivity index (χ1n) is 7.63. The van der Waals surface area contributed by atoms with Gasteiger partial charge in [-0.15, -0.1) is 0 Å². The number of carboxylic acid groups (broad SMARTS) is 4. The first-order valence-corrected chi connectivity index (χ1v) is 7.63.